The number of nitrogens with one attached hydrogen (secondary N) is 1. The van der Waals surface area contributed by atoms with Crippen LogP contribution in [0.2, 0.25) is 0 Å². The van der Waals surface area contributed by atoms with Crippen LogP contribution in [0.1, 0.15) is 35.2 Å². The van der Waals surface area contributed by atoms with Gasteiger partial charge in [-0.25, -0.2) is 0 Å². The quantitative estimate of drug-likeness (QED) is 0.487. The summed E-state index contributed by atoms with van der Waals surface area (Å²) in [5.41, 5.74) is 3.97. The summed E-state index contributed by atoms with van der Waals surface area (Å²) in [6.45, 7) is 1.90. The predicted octanol–water partition coefficient (Wildman–Crippen LogP) is 4.96. The maximum Gasteiger partial charge on any atom is 0.253 e. The fourth-order valence-corrected chi connectivity index (χ4v) is 4.50. The summed E-state index contributed by atoms with van der Waals surface area (Å²) in [6, 6.07) is 25.8. The second-order valence-corrected chi connectivity index (χ2v) is 8.72. The molecule has 1 saturated heterocycles. The van der Waals surface area contributed by atoms with Crippen LogP contribution in [0.4, 0.5) is 0 Å². The molecule has 34 heavy (non-hydrogen) atoms. The maximum absolute atomic E-state index is 13.0. The van der Waals surface area contributed by atoms with Crippen LogP contribution in [0.3, 0.4) is 0 Å². The number of carbonyl (C=O) groups is 2. The third-order valence-electron chi connectivity index (χ3n) is 6.49. The Morgan fingerprint density at radius 3 is 2.29 bits per heavy atom. The van der Waals surface area contributed by atoms with Crippen molar-refractivity contribution in [1.82, 2.24) is 10.2 Å². The summed E-state index contributed by atoms with van der Waals surface area (Å²) in [6.07, 6.45) is 3.30. The molecule has 3 aromatic carbocycles. The lowest BCUT2D eigenvalue weighted by Gasteiger charge is -2.31. The molecule has 0 saturated carbocycles. The van der Waals surface area contributed by atoms with Crippen molar-refractivity contribution < 1.29 is 14.3 Å². The van der Waals surface area contributed by atoms with Gasteiger partial charge in [0.05, 0.1) is 7.11 Å². The lowest BCUT2D eigenvalue weighted by molar-refractivity contribution is -0.126. The van der Waals surface area contributed by atoms with E-state index < -0.39 is 0 Å². The number of likely N-dealkylation sites (tertiary alicyclic amines) is 1. The number of para-hydroxylation sites is 1. The summed E-state index contributed by atoms with van der Waals surface area (Å²) in [4.78, 5) is 27.4. The molecule has 1 fully saturated rings. The molecule has 0 aliphatic carbocycles. The highest BCUT2D eigenvalue weighted by atomic mass is 16.5. The molecular weight excluding hydrogens is 424 g/mol. The molecule has 0 bridgehead atoms. The Hall–Kier alpha value is -3.60. The number of amides is 2. The summed E-state index contributed by atoms with van der Waals surface area (Å²) in [5.74, 6) is 0.922. The topological polar surface area (TPSA) is 58.6 Å². The number of carbonyl (C=O) groups excluding carboxylic acids is 2. The van der Waals surface area contributed by atoms with E-state index in [0.717, 1.165) is 29.7 Å². The SMILES string of the molecule is COc1ccccc1-c1ccc(C(=O)N2CCC(C(=O)NCCCc3ccccc3)CC2)cc1. The molecule has 4 rings (SSSR count). The van der Waals surface area contributed by atoms with Crippen LogP contribution < -0.4 is 10.1 Å². The Balaban J connectivity index is 1.24. The van der Waals surface area contributed by atoms with Gasteiger partial charge in [-0.1, -0.05) is 60.7 Å². The first-order valence-electron chi connectivity index (χ1n) is 12.0. The molecule has 1 N–H and O–H groups in total. The molecular formula is C29H32N2O3. The highest BCUT2D eigenvalue weighted by molar-refractivity contribution is 5.95. The van der Waals surface area contributed by atoms with Crippen molar-refractivity contribution in [2.24, 2.45) is 5.92 Å². The largest absolute Gasteiger partial charge is 0.496 e. The van der Waals surface area contributed by atoms with Crippen LogP contribution in [-0.4, -0.2) is 43.5 Å². The average Bonchev–Trinajstić information content (AvgIpc) is 2.91. The molecule has 5 heteroatoms. The van der Waals surface area contributed by atoms with E-state index in [1.807, 2.05) is 71.6 Å². The van der Waals surface area contributed by atoms with Gasteiger partial charge >= 0.3 is 0 Å². The molecule has 5 nitrogen and oxygen atoms in total. The van der Waals surface area contributed by atoms with Gasteiger partial charge in [0.15, 0.2) is 0 Å². The second kappa shape index (κ2) is 11.5. The number of piperidine rings is 1. The third-order valence-corrected chi connectivity index (χ3v) is 6.49. The Morgan fingerprint density at radius 2 is 1.59 bits per heavy atom. The molecule has 0 aromatic heterocycles. The number of ether oxygens (including phenoxy) is 1. The third kappa shape index (κ3) is 5.84. The van der Waals surface area contributed by atoms with Gasteiger partial charge in [-0.05, 0) is 55.0 Å². The van der Waals surface area contributed by atoms with Crippen molar-refractivity contribution >= 4 is 11.8 Å². The van der Waals surface area contributed by atoms with E-state index in [0.29, 0.717) is 38.0 Å². The molecule has 1 aliphatic heterocycles. The molecule has 0 unspecified atom stereocenters. The van der Waals surface area contributed by atoms with E-state index in [1.54, 1.807) is 7.11 Å². The minimum Gasteiger partial charge on any atom is -0.496 e. The zero-order valence-corrected chi connectivity index (χ0v) is 19.7. The number of methoxy groups -OCH3 is 1. The molecule has 0 spiro atoms. The summed E-state index contributed by atoms with van der Waals surface area (Å²) in [7, 11) is 1.66. The summed E-state index contributed by atoms with van der Waals surface area (Å²) in [5, 5.41) is 3.08. The van der Waals surface area contributed by atoms with E-state index in [4.69, 9.17) is 4.74 Å². The monoisotopic (exact) mass is 456 g/mol. The highest BCUT2D eigenvalue weighted by Gasteiger charge is 2.27. The van der Waals surface area contributed by atoms with Crippen molar-refractivity contribution in [1.29, 1.82) is 0 Å². The van der Waals surface area contributed by atoms with Crippen molar-refractivity contribution in [2.75, 3.05) is 26.7 Å². The van der Waals surface area contributed by atoms with E-state index in [9.17, 15) is 9.59 Å². The van der Waals surface area contributed by atoms with E-state index >= 15 is 0 Å². The number of nitrogens with zero attached hydrogens (tertiary/aromatic N) is 1. The number of rotatable bonds is 8. The Morgan fingerprint density at radius 1 is 0.912 bits per heavy atom. The smallest absolute Gasteiger partial charge is 0.253 e. The molecule has 2 amide bonds. The van der Waals surface area contributed by atoms with Crippen LogP contribution in [0.5, 0.6) is 5.75 Å². The van der Waals surface area contributed by atoms with Crippen LogP contribution >= 0.6 is 0 Å². The lowest BCUT2D eigenvalue weighted by atomic mass is 9.95. The van der Waals surface area contributed by atoms with E-state index in [2.05, 4.69) is 17.4 Å². The molecule has 3 aromatic rings. The number of hydrogen-bond acceptors (Lipinski definition) is 3. The van der Waals surface area contributed by atoms with Gasteiger partial charge in [0.25, 0.3) is 5.91 Å². The lowest BCUT2D eigenvalue weighted by Crippen LogP contribution is -2.43. The van der Waals surface area contributed by atoms with Crippen molar-refractivity contribution in [3.05, 3.63) is 90.0 Å². The molecule has 1 heterocycles. The Labute approximate surface area is 201 Å². The number of hydrogen-bond donors (Lipinski definition) is 1. The molecule has 0 atom stereocenters. The number of aryl methyl sites for hydroxylation is 1. The van der Waals surface area contributed by atoms with Crippen LogP contribution in [0.15, 0.2) is 78.9 Å². The average molecular weight is 457 g/mol. The highest BCUT2D eigenvalue weighted by Crippen LogP contribution is 2.30. The van der Waals surface area contributed by atoms with Crippen molar-refractivity contribution in [3.63, 3.8) is 0 Å². The van der Waals surface area contributed by atoms with Gasteiger partial charge in [-0.3, -0.25) is 9.59 Å². The zero-order chi connectivity index (χ0) is 23.8. The van der Waals surface area contributed by atoms with E-state index in [-0.39, 0.29) is 17.7 Å². The fourth-order valence-electron chi connectivity index (χ4n) is 4.50. The second-order valence-electron chi connectivity index (χ2n) is 8.72. The van der Waals surface area contributed by atoms with Gasteiger partial charge in [0.1, 0.15) is 5.75 Å². The van der Waals surface area contributed by atoms with Gasteiger partial charge < -0.3 is 15.0 Å². The first-order chi connectivity index (χ1) is 16.7. The minimum absolute atomic E-state index is 0.0197. The van der Waals surface area contributed by atoms with E-state index in [1.165, 1.54) is 5.56 Å². The number of benzene rings is 3. The van der Waals surface area contributed by atoms with Crippen molar-refractivity contribution in [3.8, 4) is 16.9 Å². The van der Waals surface area contributed by atoms with Crippen LogP contribution in [0.25, 0.3) is 11.1 Å². The Bertz CT molecular complexity index is 1090. The maximum atomic E-state index is 13.0. The fraction of sp³-hybridized carbons (Fsp3) is 0.310. The van der Waals surface area contributed by atoms with Gasteiger partial charge in [-0.2, -0.15) is 0 Å². The molecule has 0 radical (unpaired) electrons. The first-order valence-corrected chi connectivity index (χ1v) is 12.0. The molecule has 176 valence electrons. The van der Waals surface area contributed by atoms with Gasteiger partial charge in [0.2, 0.25) is 5.91 Å². The minimum atomic E-state index is -0.0197. The summed E-state index contributed by atoms with van der Waals surface area (Å²) >= 11 is 0. The van der Waals surface area contributed by atoms with Gasteiger partial charge in [-0.15, -0.1) is 0 Å². The summed E-state index contributed by atoms with van der Waals surface area (Å²) < 4.78 is 5.45. The van der Waals surface area contributed by atoms with Crippen LogP contribution in [-0.2, 0) is 11.2 Å². The zero-order valence-electron chi connectivity index (χ0n) is 19.7. The molecule has 1 aliphatic rings. The van der Waals surface area contributed by atoms with Gasteiger partial charge in [0, 0.05) is 36.7 Å². The first kappa shape index (κ1) is 23.6. The predicted molar refractivity (Wildman–Crippen MR) is 135 cm³/mol. The van der Waals surface area contributed by atoms with Crippen molar-refractivity contribution in [2.45, 2.75) is 25.7 Å². The normalized spacial score (nSPS) is 14.0. The Kier molecular flexibility index (Phi) is 7.97. The standard InChI is InChI=1S/C29H32N2O3/c1-34-27-12-6-5-11-26(27)23-13-15-25(16-14-23)29(33)31-20-17-24(18-21-31)28(32)30-19-7-10-22-8-3-2-4-9-22/h2-6,8-9,11-16,24H,7,10,17-21H2,1H3,(H,30,32). The van der Waals surface area contributed by atoms with Crippen LogP contribution in [0, 0.1) is 5.92 Å².